The number of aromatic nitrogens is 3. The van der Waals surface area contributed by atoms with Crippen molar-refractivity contribution in [2.75, 3.05) is 13.1 Å². The van der Waals surface area contributed by atoms with Gasteiger partial charge in [0.2, 0.25) is 5.91 Å². The van der Waals surface area contributed by atoms with E-state index in [1.54, 1.807) is 17.5 Å². The van der Waals surface area contributed by atoms with Gasteiger partial charge in [0.05, 0.1) is 12.6 Å². The third-order valence-corrected chi connectivity index (χ3v) is 5.18. The molecule has 6 heteroatoms. The quantitative estimate of drug-likeness (QED) is 0.805. The molecule has 1 N–H and O–H groups in total. The Labute approximate surface area is 138 Å². The molecule has 1 saturated heterocycles. The Morgan fingerprint density at radius 1 is 1.39 bits per heavy atom. The van der Waals surface area contributed by atoms with Crippen molar-refractivity contribution >= 4 is 28.3 Å². The lowest BCUT2D eigenvalue weighted by Crippen LogP contribution is -2.40. The monoisotopic (exact) mass is 326 g/mol. The third kappa shape index (κ3) is 2.99. The summed E-state index contributed by atoms with van der Waals surface area (Å²) in [6, 6.07) is 6.14. The summed E-state index contributed by atoms with van der Waals surface area (Å²) in [5.74, 6) is 0.526. The Bertz CT molecular complexity index is 811. The van der Waals surface area contributed by atoms with Crippen LogP contribution in [0.4, 0.5) is 0 Å². The average Bonchev–Trinajstić information content (AvgIpc) is 3.25. The van der Waals surface area contributed by atoms with Crippen LogP contribution in [0.3, 0.4) is 0 Å². The van der Waals surface area contributed by atoms with Crippen LogP contribution in [0.2, 0.25) is 0 Å². The van der Waals surface area contributed by atoms with Gasteiger partial charge < -0.3 is 4.90 Å². The lowest BCUT2D eigenvalue weighted by atomic mass is 9.93. The highest BCUT2D eigenvalue weighted by molar-refractivity contribution is 7.08. The van der Waals surface area contributed by atoms with Crippen LogP contribution in [0.25, 0.3) is 11.0 Å². The lowest BCUT2D eigenvalue weighted by Gasteiger charge is -2.32. The topological polar surface area (TPSA) is 61.9 Å². The summed E-state index contributed by atoms with van der Waals surface area (Å²) in [5, 5.41) is 12.0. The molecule has 23 heavy (non-hydrogen) atoms. The van der Waals surface area contributed by atoms with Gasteiger partial charge in [0, 0.05) is 30.1 Å². The average molecular weight is 326 g/mol. The number of fused-ring (bicyclic) bond motifs is 1. The Balaban J connectivity index is 1.48. The number of nitrogens with one attached hydrogen (secondary N) is 1. The number of aromatic amines is 1. The van der Waals surface area contributed by atoms with Gasteiger partial charge in [0.25, 0.3) is 0 Å². The number of likely N-dealkylation sites (tertiary alicyclic amines) is 1. The highest BCUT2D eigenvalue weighted by atomic mass is 32.1. The molecular weight excluding hydrogens is 308 g/mol. The first-order valence-electron chi connectivity index (χ1n) is 7.88. The fourth-order valence-electron chi connectivity index (χ4n) is 3.19. The number of rotatable bonds is 3. The van der Waals surface area contributed by atoms with Crippen LogP contribution in [0.5, 0.6) is 0 Å². The van der Waals surface area contributed by atoms with E-state index in [0.717, 1.165) is 48.2 Å². The number of amides is 1. The maximum absolute atomic E-state index is 12.5. The zero-order valence-corrected chi connectivity index (χ0v) is 13.6. The minimum Gasteiger partial charge on any atom is -0.342 e. The molecule has 118 valence electrons. The van der Waals surface area contributed by atoms with E-state index in [-0.39, 0.29) is 5.91 Å². The fourth-order valence-corrected chi connectivity index (χ4v) is 3.86. The van der Waals surface area contributed by atoms with Gasteiger partial charge in [-0.1, -0.05) is 0 Å². The van der Waals surface area contributed by atoms with E-state index >= 15 is 0 Å². The summed E-state index contributed by atoms with van der Waals surface area (Å²) in [5.41, 5.74) is 2.98. The van der Waals surface area contributed by atoms with Gasteiger partial charge in [0.1, 0.15) is 0 Å². The molecule has 0 aliphatic carbocycles. The van der Waals surface area contributed by atoms with Crippen LogP contribution in [0.15, 0.2) is 35.2 Å². The van der Waals surface area contributed by atoms with E-state index in [4.69, 9.17) is 0 Å². The predicted molar refractivity (Wildman–Crippen MR) is 90.5 cm³/mol. The van der Waals surface area contributed by atoms with E-state index < -0.39 is 0 Å². The second kappa shape index (κ2) is 6.12. The number of carbonyl (C=O) groups excluding carboxylic acids is 1. The summed E-state index contributed by atoms with van der Waals surface area (Å²) >= 11 is 1.64. The predicted octanol–water partition coefficient (Wildman–Crippen LogP) is 2.97. The highest BCUT2D eigenvalue weighted by Gasteiger charge is 2.25. The van der Waals surface area contributed by atoms with Crippen molar-refractivity contribution in [1.82, 2.24) is 20.1 Å². The van der Waals surface area contributed by atoms with Gasteiger partial charge in [-0.25, -0.2) is 4.98 Å². The molecule has 1 atom stereocenters. The highest BCUT2D eigenvalue weighted by Crippen LogP contribution is 2.27. The summed E-state index contributed by atoms with van der Waals surface area (Å²) in [6.45, 7) is 1.61. The summed E-state index contributed by atoms with van der Waals surface area (Å²) in [4.78, 5) is 19.2. The number of nitrogens with zero attached hydrogens (tertiary/aromatic N) is 3. The molecule has 1 fully saturated rings. The molecule has 4 rings (SSSR count). The van der Waals surface area contributed by atoms with Gasteiger partial charge in [-0.2, -0.15) is 16.4 Å². The van der Waals surface area contributed by atoms with Crippen LogP contribution >= 0.6 is 11.3 Å². The molecule has 5 nitrogen and oxygen atoms in total. The number of hydrogen-bond acceptors (Lipinski definition) is 4. The van der Waals surface area contributed by atoms with Crippen molar-refractivity contribution in [1.29, 1.82) is 0 Å². The summed E-state index contributed by atoms with van der Waals surface area (Å²) in [6.07, 6.45) is 4.39. The zero-order valence-electron chi connectivity index (χ0n) is 12.7. The van der Waals surface area contributed by atoms with Gasteiger partial charge in [0.15, 0.2) is 5.65 Å². The van der Waals surface area contributed by atoms with Crippen LogP contribution in [0, 0.1) is 0 Å². The van der Waals surface area contributed by atoms with Gasteiger partial charge in [-0.05, 0) is 47.4 Å². The van der Waals surface area contributed by atoms with E-state index in [2.05, 4.69) is 21.2 Å². The standard InChI is InChI=1S/C17H18N4OS/c22-16(8-12-5-7-23-11-12)21-6-1-2-14(10-21)15-4-3-13-9-18-20-17(13)19-15/h3-5,7,9,11,14H,1-2,6,8,10H2,(H,18,19,20)/t14-/m1/s1. The van der Waals surface area contributed by atoms with E-state index in [9.17, 15) is 4.79 Å². The second-order valence-electron chi connectivity index (χ2n) is 6.03. The van der Waals surface area contributed by atoms with Crippen molar-refractivity contribution in [2.45, 2.75) is 25.2 Å². The Morgan fingerprint density at radius 2 is 2.35 bits per heavy atom. The largest absolute Gasteiger partial charge is 0.342 e. The first-order valence-corrected chi connectivity index (χ1v) is 8.83. The van der Waals surface area contributed by atoms with Crippen molar-refractivity contribution in [3.05, 3.63) is 46.4 Å². The maximum Gasteiger partial charge on any atom is 0.227 e. The number of hydrogen-bond donors (Lipinski definition) is 1. The van der Waals surface area contributed by atoms with E-state index in [0.29, 0.717) is 12.3 Å². The molecular formula is C17H18N4OS. The first-order chi connectivity index (χ1) is 11.3. The SMILES string of the molecule is O=C(Cc1ccsc1)N1CCC[C@@H](c2ccc3cn[nH]c3n2)C1. The molecule has 3 aromatic rings. The maximum atomic E-state index is 12.5. The zero-order chi connectivity index (χ0) is 15.6. The third-order valence-electron chi connectivity index (χ3n) is 4.45. The Kier molecular flexibility index (Phi) is 3.83. The van der Waals surface area contributed by atoms with Crippen LogP contribution in [-0.4, -0.2) is 39.1 Å². The van der Waals surface area contributed by atoms with E-state index in [1.165, 1.54) is 0 Å². The number of piperidine rings is 1. The smallest absolute Gasteiger partial charge is 0.227 e. The Morgan fingerprint density at radius 3 is 3.22 bits per heavy atom. The van der Waals surface area contributed by atoms with Crippen molar-refractivity contribution in [2.24, 2.45) is 0 Å². The molecule has 1 aliphatic heterocycles. The van der Waals surface area contributed by atoms with Gasteiger partial charge >= 0.3 is 0 Å². The number of H-pyrrole nitrogens is 1. The molecule has 4 heterocycles. The van der Waals surface area contributed by atoms with Crippen molar-refractivity contribution < 1.29 is 4.79 Å². The number of carbonyl (C=O) groups is 1. The number of thiophene rings is 1. The van der Waals surface area contributed by atoms with Crippen LogP contribution in [0.1, 0.15) is 30.0 Å². The molecule has 0 unspecified atom stereocenters. The molecule has 0 radical (unpaired) electrons. The molecule has 0 saturated carbocycles. The summed E-state index contributed by atoms with van der Waals surface area (Å²) < 4.78 is 0. The number of pyridine rings is 1. The Hall–Kier alpha value is -2.21. The normalized spacial score (nSPS) is 18.4. The van der Waals surface area contributed by atoms with Gasteiger partial charge in [-0.3, -0.25) is 9.89 Å². The first kappa shape index (κ1) is 14.4. The lowest BCUT2D eigenvalue weighted by molar-refractivity contribution is -0.131. The molecule has 3 aromatic heterocycles. The van der Waals surface area contributed by atoms with E-state index in [1.807, 2.05) is 27.8 Å². The molecule has 1 amide bonds. The molecule has 0 aromatic carbocycles. The second-order valence-corrected chi connectivity index (χ2v) is 6.81. The van der Waals surface area contributed by atoms with Crippen LogP contribution < -0.4 is 0 Å². The van der Waals surface area contributed by atoms with Crippen molar-refractivity contribution in [3.63, 3.8) is 0 Å². The minimum absolute atomic E-state index is 0.218. The van der Waals surface area contributed by atoms with Crippen LogP contribution in [-0.2, 0) is 11.2 Å². The molecule has 0 spiro atoms. The molecule has 0 bridgehead atoms. The molecule has 1 aliphatic rings. The minimum atomic E-state index is 0.218. The van der Waals surface area contributed by atoms with Crippen molar-refractivity contribution in [3.8, 4) is 0 Å². The summed E-state index contributed by atoms with van der Waals surface area (Å²) in [7, 11) is 0. The fraction of sp³-hybridized carbons (Fsp3) is 0.353. The van der Waals surface area contributed by atoms with Gasteiger partial charge in [-0.15, -0.1) is 0 Å².